The summed E-state index contributed by atoms with van der Waals surface area (Å²) in [7, 11) is -3.52. The lowest BCUT2D eigenvalue weighted by atomic mass is 9.93. The fourth-order valence-corrected chi connectivity index (χ4v) is 3.06. The molecule has 0 aromatic heterocycles. The first-order chi connectivity index (χ1) is 10.3. The van der Waals surface area contributed by atoms with Gasteiger partial charge >= 0.3 is 0 Å². The largest absolute Gasteiger partial charge is 0.336 e. The summed E-state index contributed by atoms with van der Waals surface area (Å²) in [5, 5.41) is 2.84. The van der Waals surface area contributed by atoms with Crippen LogP contribution in [0.3, 0.4) is 0 Å². The molecule has 0 spiro atoms. The van der Waals surface area contributed by atoms with E-state index in [1.165, 1.54) is 24.3 Å². The monoisotopic (exact) mass is 322 g/mol. The zero-order valence-electron chi connectivity index (χ0n) is 13.1. The van der Waals surface area contributed by atoms with Gasteiger partial charge in [0.1, 0.15) is 5.54 Å². The number of terminal acetylenes is 1. The van der Waals surface area contributed by atoms with Crippen LogP contribution < -0.4 is 10.0 Å². The smallest absolute Gasteiger partial charge is 0.252 e. The van der Waals surface area contributed by atoms with E-state index in [2.05, 4.69) is 16.0 Å². The Kier molecular flexibility index (Phi) is 6.15. The molecule has 0 saturated heterocycles. The summed E-state index contributed by atoms with van der Waals surface area (Å²) in [5.74, 6) is 2.32. The lowest BCUT2D eigenvalue weighted by molar-refractivity contribution is 0.0916. The van der Waals surface area contributed by atoms with Crippen molar-refractivity contribution in [2.45, 2.75) is 44.0 Å². The average Bonchev–Trinajstić information content (AvgIpc) is 2.52. The number of amides is 1. The quantitative estimate of drug-likeness (QED) is 0.753. The first-order valence-electron chi connectivity index (χ1n) is 7.24. The molecule has 120 valence electrons. The van der Waals surface area contributed by atoms with E-state index in [1.54, 1.807) is 6.92 Å². The Bertz CT molecular complexity index is 654. The van der Waals surface area contributed by atoms with Crippen molar-refractivity contribution in [3.63, 3.8) is 0 Å². The van der Waals surface area contributed by atoms with Crippen molar-refractivity contribution in [3.8, 4) is 12.3 Å². The molecule has 2 N–H and O–H groups in total. The Labute approximate surface area is 132 Å². The van der Waals surface area contributed by atoms with E-state index in [9.17, 15) is 13.2 Å². The molecule has 0 saturated carbocycles. The van der Waals surface area contributed by atoms with Crippen molar-refractivity contribution in [1.82, 2.24) is 10.0 Å². The van der Waals surface area contributed by atoms with E-state index in [4.69, 9.17) is 6.42 Å². The molecule has 0 radical (unpaired) electrons. The van der Waals surface area contributed by atoms with Crippen molar-refractivity contribution in [1.29, 1.82) is 0 Å². The summed E-state index contributed by atoms with van der Waals surface area (Å²) in [4.78, 5) is 12.4. The average molecular weight is 322 g/mol. The molecule has 0 aliphatic carbocycles. The number of hydrogen-bond donors (Lipinski definition) is 2. The summed E-state index contributed by atoms with van der Waals surface area (Å²) >= 11 is 0. The first-order valence-corrected chi connectivity index (χ1v) is 8.72. The summed E-state index contributed by atoms with van der Waals surface area (Å²) in [6, 6.07) is 5.77. The van der Waals surface area contributed by atoms with Gasteiger partial charge in [0.15, 0.2) is 0 Å². The lowest BCUT2D eigenvalue weighted by Crippen LogP contribution is -2.46. The zero-order valence-corrected chi connectivity index (χ0v) is 14.0. The molecule has 0 aliphatic rings. The van der Waals surface area contributed by atoms with E-state index >= 15 is 0 Å². The van der Waals surface area contributed by atoms with Gasteiger partial charge in [0.05, 0.1) is 4.90 Å². The first kappa shape index (κ1) is 18.2. The predicted octanol–water partition coefficient (Wildman–Crippen LogP) is 1.91. The molecule has 0 aliphatic heterocycles. The van der Waals surface area contributed by atoms with Gasteiger partial charge in [-0.15, -0.1) is 6.42 Å². The van der Waals surface area contributed by atoms with Gasteiger partial charge in [-0.25, -0.2) is 13.1 Å². The van der Waals surface area contributed by atoms with E-state index < -0.39 is 15.6 Å². The van der Waals surface area contributed by atoms with E-state index in [0.717, 1.165) is 0 Å². The Morgan fingerprint density at radius 1 is 1.18 bits per heavy atom. The second-order valence-electron chi connectivity index (χ2n) is 4.91. The van der Waals surface area contributed by atoms with Crippen LogP contribution in [0.15, 0.2) is 29.2 Å². The molecule has 1 rings (SSSR count). The topological polar surface area (TPSA) is 75.3 Å². The molecule has 1 aromatic rings. The van der Waals surface area contributed by atoms with Gasteiger partial charge in [0, 0.05) is 12.1 Å². The molecular formula is C16H22N2O3S. The number of carbonyl (C=O) groups is 1. The second-order valence-corrected chi connectivity index (χ2v) is 6.68. The molecule has 6 heteroatoms. The van der Waals surface area contributed by atoms with Gasteiger partial charge in [-0.05, 0) is 37.1 Å². The molecule has 0 unspecified atom stereocenters. The molecular weight excluding hydrogens is 300 g/mol. The summed E-state index contributed by atoms with van der Waals surface area (Å²) in [5.41, 5.74) is -0.303. The number of carbonyl (C=O) groups excluding carboxylic acids is 1. The van der Waals surface area contributed by atoms with Gasteiger partial charge in [-0.3, -0.25) is 4.79 Å². The van der Waals surface area contributed by atoms with Crippen LogP contribution in [0.2, 0.25) is 0 Å². The maximum atomic E-state index is 12.3. The fourth-order valence-electron chi connectivity index (χ4n) is 2.02. The number of rotatable bonds is 7. The number of sulfonamides is 1. The van der Waals surface area contributed by atoms with Crippen molar-refractivity contribution in [2.75, 3.05) is 6.54 Å². The van der Waals surface area contributed by atoms with Crippen LogP contribution in [-0.2, 0) is 10.0 Å². The third-order valence-corrected chi connectivity index (χ3v) is 5.16. The molecule has 1 amide bonds. The molecule has 1 aromatic carbocycles. The summed E-state index contributed by atoms with van der Waals surface area (Å²) in [6.45, 7) is 5.84. The van der Waals surface area contributed by atoms with Gasteiger partial charge in [0.2, 0.25) is 10.0 Å². The highest BCUT2D eigenvalue weighted by Crippen LogP contribution is 2.16. The minimum atomic E-state index is -3.52. The SMILES string of the molecule is C#CC(CC)(CC)NC(=O)c1ccc(S(=O)(=O)NCC)cc1. The Morgan fingerprint density at radius 3 is 2.14 bits per heavy atom. The highest BCUT2D eigenvalue weighted by molar-refractivity contribution is 7.89. The van der Waals surface area contributed by atoms with Gasteiger partial charge < -0.3 is 5.32 Å². The maximum absolute atomic E-state index is 12.3. The number of nitrogens with one attached hydrogen (secondary N) is 2. The number of hydrogen-bond acceptors (Lipinski definition) is 3. The molecule has 5 nitrogen and oxygen atoms in total. The van der Waals surface area contributed by atoms with Gasteiger partial charge in [-0.2, -0.15) is 0 Å². The van der Waals surface area contributed by atoms with Crippen LogP contribution in [0.4, 0.5) is 0 Å². The van der Waals surface area contributed by atoms with Crippen molar-refractivity contribution in [2.24, 2.45) is 0 Å². The van der Waals surface area contributed by atoms with Crippen LogP contribution in [0.5, 0.6) is 0 Å². The van der Waals surface area contributed by atoms with Gasteiger partial charge in [-0.1, -0.05) is 26.7 Å². The minimum absolute atomic E-state index is 0.125. The highest BCUT2D eigenvalue weighted by Gasteiger charge is 2.26. The van der Waals surface area contributed by atoms with E-state index in [-0.39, 0.29) is 10.8 Å². The molecule has 0 atom stereocenters. The van der Waals surface area contributed by atoms with Crippen molar-refractivity contribution in [3.05, 3.63) is 29.8 Å². The zero-order chi connectivity index (χ0) is 16.8. The third-order valence-electron chi connectivity index (χ3n) is 3.60. The predicted molar refractivity (Wildman–Crippen MR) is 86.9 cm³/mol. The Balaban J connectivity index is 2.96. The Morgan fingerprint density at radius 2 is 1.73 bits per heavy atom. The standard InChI is InChI=1S/C16H22N2O3S/c1-5-16(6-2,7-3)18-15(19)13-9-11-14(12-10-13)22(20,21)17-8-4/h1,9-12,17H,6-8H2,2-4H3,(H,18,19). The lowest BCUT2D eigenvalue weighted by Gasteiger charge is -2.27. The van der Waals surface area contributed by atoms with E-state index in [1.807, 2.05) is 13.8 Å². The van der Waals surface area contributed by atoms with Crippen molar-refractivity contribution < 1.29 is 13.2 Å². The summed E-state index contributed by atoms with van der Waals surface area (Å²) < 4.78 is 26.1. The van der Waals surface area contributed by atoms with Crippen LogP contribution >= 0.6 is 0 Å². The van der Waals surface area contributed by atoms with Crippen LogP contribution in [0, 0.1) is 12.3 Å². The minimum Gasteiger partial charge on any atom is -0.336 e. The third kappa shape index (κ3) is 4.09. The number of benzene rings is 1. The van der Waals surface area contributed by atoms with Crippen LogP contribution in [0.25, 0.3) is 0 Å². The van der Waals surface area contributed by atoms with E-state index in [0.29, 0.717) is 24.9 Å². The van der Waals surface area contributed by atoms with Crippen molar-refractivity contribution >= 4 is 15.9 Å². The Hall–Kier alpha value is -1.84. The summed E-state index contributed by atoms with van der Waals surface area (Å²) in [6.07, 6.45) is 6.76. The molecule has 0 bridgehead atoms. The van der Waals surface area contributed by atoms with Gasteiger partial charge in [0.25, 0.3) is 5.91 Å². The maximum Gasteiger partial charge on any atom is 0.252 e. The highest BCUT2D eigenvalue weighted by atomic mass is 32.2. The van der Waals surface area contributed by atoms with Crippen LogP contribution in [0.1, 0.15) is 44.0 Å². The fraction of sp³-hybridized carbons (Fsp3) is 0.438. The molecule has 22 heavy (non-hydrogen) atoms. The molecule has 0 fully saturated rings. The molecule has 0 heterocycles. The van der Waals surface area contributed by atoms with Crippen LogP contribution in [-0.4, -0.2) is 26.4 Å². The second kappa shape index (κ2) is 7.43. The normalized spacial score (nSPS) is 11.7.